The molecule has 84 valence electrons. The number of halogens is 1. The monoisotopic (exact) mass is 252 g/mol. The lowest BCUT2D eigenvalue weighted by atomic mass is 10.3. The molecule has 2 N–H and O–H groups in total. The molecule has 0 bridgehead atoms. The van der Waals surface area contributed by atoms with E-state index in [2.05, 4.69) is 10.3 Å². The lowest BCUT2D eigenvalue weighted by molar-refractivity contribution is 1.15. The van der Waals surface area contributed by atoms with Gasteiger partial charge in [0.25, 0.3) is 0 Å². The van der Waals surface area contributed by atoms with Crippen LogP contribution in [0.15, 0.2) is 41.6 Å². The molecule has 2 aromatic rings. The van der Waals surface area contributed by atoms with E-state index in [-0.39, 0.29) is 0 Å². The lowest BCUT2D eigenvalue weighted by Gasteiger charge is -2.07. The molecular weight excluding hydrogens is 240 g/mol. The van der Waals surface area contributed by atoms with Crippen molar-refractivity contribution in [3.63, 3.8) is 0 Å². The van der Waals surface area contributed by atoms with Gasteiger partial charge in [-0.15, -0.1) is 11.8 Å². The summed E-state index contributed by atoms with van der Waals surface area (Å²) in [6.45, 7) is 0.804. The van der Waals surface area contributed by atoms with E-state index >= 15 is 0 Å². The third-order valence-corrected chi connectivity index (χ3v) is 3.53. The highest BCUT2D eigenvalue weighted by atomic mass is 35.5. The van der Waals surface area contributed by atoms with Crippen molar-refractivity contribution in [3.8, 4) is 0 Å². The van der Waals surface area contributed by atoms with Gasteiger partial charge in [-0.05, 0) is 36.1 Å². The second kappa shape index (κ2) is 5.32. The molecule has 0 amide bonds. The number of nitrogens with one attached hydrogen (secondary N) is 2. The van der Waals surface area contributed by atoms with Gasteiger partial charge < -0.3 is 10.3 Å². The van der Waals surface area contributed by atoms with Crippen LogP contribution in [0.4, 0.5) is 5.69 Å². The van der Waals surface area contributed by atoms with Crippen molar-refractivity contribution in [2.24, 2.45) is 0 Å². The highest BCUT2D eigenvalue weighted by Crippen LogP contribution is 2.28. The summed E-state index contributed by atoms with van der Waals surface area (Å²) >= 11 is 7.78. The fourth-order valence-electron chi connectivity index (χ4n) is 1.45. The molecular formula is C12H13ClN2S. The topological polar surface area (TPSA) is 27.8 Å². The van der Waals surface area contributed by atoms with E-state index < -0.39 is 0 Å². The maximum absolute atomic E-state index is 6.12. The zero-order valence-corrected chi connectivity index (χ0v) is 10.5. The first-order valence-electron chi connectivity index (χ1n) is 4.98. The number of anilines is 1. The highest BCUT2D eigenvalue weighted by molar-refractivity contribution is 7.98. The number of benzene rings is 1. The Balaban J connectivity index is 2.02. The maximum atomic E-state index is 6.12. The summed E-state index contributed by atoms with van der Waals surface area (Å²) in [5, 5.41) is 4.12. The van der Waals surface area contributed by atoms with Crippen LogP contribution in [0.1, 0.15) is 5.56 Å². The average molecular weight is 253 g/mol. The minimum atomic E-state index is 0.798. The summed E-state index contributed by atoms with van der Waals surface area (Å²) in [6, 6.07) is 8.09. The van der Waals surface area contributed by atoms with Crippen molar-refractivity contribution in [2.45, 2.75) is 11.4 Å². The van der Waals surface area contributed by atoms with Gasteiger partial charge in [0.2, 0.25) is 0 Å². The van der Waals surface area contributed by atoms with Crippen LogP contribution in [-0.4, -0.2) is 11.2 Å². The van der Waals surface area contributed by atoms with Gasteiger partial charge >= 0.3 is 0 Å². The Labute approximate surface area is 104 Å². The Kier molecular flexibility index (Phi) is 3.80. The van der Waals surface area contributed by atoms with Gasteiger partial charge in [-0.1, -0.05) is 11.6 Å². The minimum Gasteiger partial charge on any atom is -0.381 e. The van der Waals surface area contributed by atoms with Crippen LogP contribution in [0.3, 0.4) is 0 Å². The summed E-state index contributed by atoms with van der Waals surface area (Å²) in [4.78, 5) is 4.13. The van der Waals surface area contributed by atoms with Crippen molar-refractivity contribution in [2.75, 3.05) is 11.6 Å². The summed E-state index contributed by atoms with van der Waals surface area (Å²) in [5.74, 6) is 0. The summed E-state index contributed by atoms with van der Waals surface area (Å²) < 4.78 is 0. The van der Waals surface area contributed by atoms with Crippen molar-refractivity contribution < 1.29 is 0 Å². The van der Waals surface area contributed by atoms with E-state index in [1.54, 1.807) is 11.8 Å². The number of H-pyrrole nitrogens is 1. The standard InChI is InChI=1S/C12H13ClN2S/c1-16-12-3-2-10(6-11(12)13)15-8-9-4-5-14-7-9/h2-7,14-15H,8H2,1H3. The first-order chi connectivity index (χ1) is 7.79. The van der Waals surface area contributed by atoms with E-state index in [4.69, 9.17) is 11.6 Å². The lowest BCUT2D eigenvalue weighted by Crippen LogP contribution is -1.97. The van der Waals surface area contributed by atoms with E-state index in [1.165, 1.54) is 5.56 Å². The minimum absolute atomic E-state index is 0.798. The number of aromatic nitrogens is 1. The smallest absolute Gasteiger partial charge is 0.0562 e. The van der Waals surface area contributed by atoms with Gasteiger partial charge in [0.15, 0.2) is 0 Å². The quantitative estimate of drug-likeness (QED) is 0.805. The maximum Gasteiger partial charge on any atom is 0.0562 e. The van der Waals surface area contributed by atoms with Crippen LogP contribution >= 0.6 is 23.4 Å². The molecule has 4 heteroatoms. The van der Waals surface area contributed by atoms with Gasteiger partial charge in [0, 0.05) is 29.5 Å². The Hall–Kier alpha value is -1.06. The first kappa shape index (κ1) is 11.4. The predicted molar refractivity (Wildman–Crippen MR) is 71.4 cm³/mol. The molecule has 0 radical (unpaired) electrons. The molecule has 1 aromatic heterocycles. The molecule has 0 saturated heterocycles. The molecule has 0 fully saturated rings. The summed E-state index contributed by atoms with van der Waals surface area (Å²) in [6.07, 6.45) is 5.92. The number of hydrogen-bond donors (Lipinski definition) is 2. The van der Waals surface area contributed by atoms with Crippen LogP contribution in [0.25, 0.3) is 0 Å². The molecule has 2 rings (SSSR count). The molecule has 0 aliphatic heterocycles. The molecule has 0 unspecified atom stereocenters. The van der Waals surface area contributed by atoms with Gasteiger partial charge in [0.1, 0.15) is 0 Å². The van der Waals surface area contributed by atoms with E-state index in [0.29, 0.717) is 0 Å². The van der Waals surface area contributed by atoms with Crippen LogP contribution in [0, 0.1) is 0 Å². The van der Waals surface area contributed by atoms with E-state index in [1.807, 2.05) is 42.9 Å². The molecule has 1 aromatic carbocycles. The largest absolute Gasteiger partial charge is 0.381 e. The number of aromatic amines is 1. The van der Waals surface area contributed by atoms with Gasteiger partial charge in [-0.3, -0.25) is 0 Å². The molecule has 0 aliphatic rings. The second-order valence-electron chi connectivity index (χ2n) is 3.42. The third-order valence-electron chi connectivity index (χ3n) is 2.31. The zero-order chi connectivity index (χ0) is 11.4. The summed E-state index contributed by atoms with van der Waals surface area (Å²) in [7, 11) is 0. The normalized spacial score (nSPS) is 10.4. The van der Waals surface area contributed by atoms with Gasteiger partial charge in [-0.2, -0.15) is 0 Å². The molecule has 0 spiro atoms. The third kappa shape index (κ3) is 2.74. The number of hydrogen-bond acceptors (Lipinski definition) is 2. The van der Waals surface area contributed by atoms with E-state index in [0.717, 1.165) is 22.2 Å². The zero-order valence-electron chi connectivity index (χ0n) is 8.96. The molecule has 2 nitrogen and oxygen atoms in total. The fraction of sp³-hybridized carbons (Fsp3) is 0.167. The number of thioether (sulfide) groups is 1. The van der Waals surface area contributed by atoms with Crippen LogP contribution in [-0.2, 0) is 6.54 Å². The van der Waals surface area contributed by atoms with Crippen LogP contribution in [0.5, 0.6) is 0 Å². The number of rotatable bonds is 4. The van der Waals surface area contributed by atoms with Crippen molar-refractivity contribution >= 4 is 29.1 Å². The predicted octanol–water partition coefficient (Wildman–Crippen LogP) is 4.00. The Morgan fingerprint density at radius 2 is 2.25 bits per heavy atom. The molecule has 0 aliphatic carbocycles. The molecule has 0 atom stereocenters. The van der Waals surface area contributed by atoms with Crippen molar-refractivity contribution in [1.82, 2.24) is 4.98 Å². The highest BCUT2D eigenvalue weighted by Gasteiger charge is 2.00. The van der Waals surface area contributed by atoms with Gasteiger partial charge in [0.05, 0.1) is 5.02 Å². The van der Waals surface area contributed by atoms with Crippen molar-refractivity contribution in [1.29, 1.82) is 0 Å². The van der Waals surface area contributed by atoms with E-state index in [9.17, 15) is 0 Å². The fourth-order valence-corrected chi connectivity index (χ4v) is 2.32. The van der Waals surface area contributed by atoms with Crippen LogP contribution < -0.4 is 5.32 Å². The second-order valence-corrected chi connectivity index (χ2v) is 4.68. The molecule has 1 heterocycles. The first-order valence-corrected chi connectivity index (χ1v) is 6.59. The summed E-state index contributed by atoms with van der Waals surface area (Å²) in [5.41, 5.74) is 2.27. The Morgan fingerprint density at radius 3 is 2.88 bits per heavy atom. The van der Waals surface area contributed by atoms with Crippen molar-refractivity contribution in [3.05, 3.63) is 47.2 Å². The molecule has 0 saturated carbocycles. The Bertz CT molecular complexity index is 454. The Morgan fingerprint density at radius 1 is 1.38 bits per heavy atom. The molecule has 16 heavy (non-hydrogen) atoms. The average Bonchev–Trinajstić information content (AvgIpc) is 2.79. The van der Waals surface area contributed by atoms with Crippen LogP contribution in [0.2, 0.25) is 5.02 Å². The SMILES string of the molecule is CSc1ccc(NCc2cc[nH]c2)cc1Cl. The van der Waals surface area contributed by atoms with Gasteiger partial charge in [-0.25, -0.2) is 0 Å².